The van der Waals surface area contributed by atoms with Gasteiger partial charge in [-0.05, 0) is 11.1 Å². The Morgan fingerprint density at radius 3 is 2.46 bits per heavy atom. The molecule has 0 aliphatic carbocycles. The van der Waals surface area contributed by atoms with Gasteiger partial charge in [0.05, 0.1) is 23.9 Å². The van der Waals surface area contributed by atoms with Gasteiger partial charge in [-0.3, -0.25) is 10.1 Å². The standard InChI is InChI=1S/C16H18N2O5S/c19-18(20)16-8-4-7-15(11-16)13-24(21,22)17-9-10-23-12-14-5-2-1-3-6-14/h1-8,11,17H,9-10,12-13H2. The van der Waals surface area contributed by atoms with Gasteiger partial charge in [0.25, 0.3) is 5.69 Å². The number of ether oxygens (including phenoxy) is 1. The van der Waals surface area contributed by atoms with Gasteiger partial charge >= 0.3 is 0 Å². The van der Waals surface area contributed by atoms with Crippen molar-refractivity contribution >= 4 is 15.7 Å². The molecule has 0 spiro atoms. The third kappa shape index (κ3) is 6.07. The lowest BCUT2D eigenvalue weighted by Crippen LogP contribution is -2.28. The third-order valence-electron chi connectivity index (χ3n) is 3.16. The average Bonchev–Trinajstić information content (AvgIpc) is 2.55. The second-order valence-electron chi connectivity index (χ2n) is 5.12. The van der Waals surface area contributed by atoms with Gasteiger partial charge in [0, 0.05) is 18.7 Å². The molecule has 1 N–H and O–H groups in total. The van der Waals surface area contributed by atoms with E-state index in [1.54, 1.807) is 0 Å². The first-order valence-corrected chi connectivity index (χ1v) is 8.94. The van der Waals surface area contributed by atoms with E-state index in [0.717, 1.165) is 5.56 Å². The van der Waals surface area contributed by atoms with E-state index in [9.17, 15) is 18.5 Å². The smallest absolute Gasteiger partial charge is 0.269 e. The fourth-order valence-corrected chi connectivity index (χ4v) is 3.18. The minimum atomic E-state index is -3.57. The Morgan fingerprint density at radius 2 is 1.75 bits per heavy atom. The topological polar surface area (TPSA) is 98.5 Å². The Balaban J connectivity index is 1.77. The van der Waals surface area contributed by atoms with Gasteiger partial charge in [0.2, 0.25) is 10.0 Å². The van der Waals surface area contributed by atoms with Crippen LogP contribution >= 0.6 is 0 Å². The monoisotopic (exact) mass is 350 g/mol. The van der Waals surface area contributed by atoms with Gasteiger partial charge in [-0.2, -0.15) is 0 Å². The summed E-state index contributed by atoms with van der Waals surface area (Å²) in [5.41, 5.74) is 1.24. The summed E-state index contributed by atoms with van der Waals surface area (Å²) in [7, 11) is -3.57. The van der Waals surface area contributed by atoms with Crippen LogP contribution in [0, 0.1) is 10.1 Å². The van der Waals surface area contributed by atoms with Gasteiger partial charge in [0.15, 0.2) is 0 Å². The number of rotatable bonds is 9. The molecule has 0 aliphatic rings. The van der Waals surface area contributed by atoms with E-state index in [0.29, 0.717) is 12.2 Å². The van der Waals surface area contributed by atoms with Crippen LogP contribution in [0.5, 0.6) is 0 Å². The maximum Gasteiger partial charge on any atom is 0.269 e. The molecule has 0 amide bonds. The van der Waals surface area contributed by atoms with E-state index >= 15 is 0 Å². The molecule has 8 heteroatoms. The SMILES string of the molecule is O=[N+]([O-])c1cccc(CS(=O)(=O)NCCOCc2ccccc2)c1. The Bertz CT molecular complexity index is 778. The van der Waals surface area contributed by atoms with Gasteiger partial charge in [-0.25, -0.2) is 13.1 Å². The molecule has 0 unspecified atom stereocenters. The summed E-state index contributed by atoms with van der Waals surface area (Å²) in [4.78, 5) is 10.1. The van der Waals surface area contributed by atoms with Crippen LogP contribution in [0.25, 0.3) is 0 Å². The molecule has 0 heterocycles. The lowest BCUT2D eigenvalue weighted by Gasteiger charge is -2.08. The number of nitrogens with one attached hydrogen (secondary N) is 1. The number of nitro groups is 1. The van der Waals surface area contributed by atoms with E-state index < -0.39 is 14.9 Å². The summed E-state index contributed by atoms with van der Waals surface area (Å²) in [6.45, 7) is 0.792. The van der Waals surface area contributed by atoms with Crippen LogP contribution in [0.3, 0.4) is 0 Å². The minimum absolute atomic E-state index is 0.131. The Hall–Kier alpha value is -2.29. The first-order valence-electron chi connectivity index (χ1n) is 7.28. The van der Waals surface area contributed by atoms with Crippen LogP contribution in [0.4, 0.5) is 5.69 Å². The predicted octanol–water partition coefficient (Wildman–Crippen LogP) is 2.23. The Morgan fingerprint density at radius 1 is 1.04 bits per heavy atom. The summed E-state index contributed by atoms with van der Waals surface area (Å²) in [6.07, 6.45) is 0. The number of sulfonamides is 1. The van der Waals surface area contributed by atoms with Crippen LogP contribution in [-0.4, -0.2) is 26.5 Å². The second kappa shape index (κ2) is 8.53. The molecule has 0 atom stereocenters. The fourth-order valence-electron chi connectivity index (χ4n) is 2.06. The number of nitro benzene ring substituents is 1. The number of nitrogens with zero attached hydrogens (tertiary/aromatic N) is 1. The summed E-state index contributed by atoms with van der Waals surface area (Å²) in [5, 5.41) is 10.7. The molecule has 7 nitrogen and oxygen atoms in total. The molecule has 0 radical (unpaired) electrons. The highest BCUT2D eigenvalue weighted by Gasteiger charge is 2.13. The summed E-state index contributed by atoms with van der Waals surface area (Å²) in [6, 6.07) is 15.1. The van der Waals surface area contributed by atoms with Gasteiger partial charge in [0.1, 0.15) is 0 Å². The normalized spacial score (nSPS) is 11.3. The van der Waals surface area contributed by atoms with Crippen molar-refractivity contribution in [2.75, 3.05) is 13.2 Å². The minimum Gasteiger partial charge on any atom is -0.375 e. The van der Waals surface area contributed by atoms with Gasteiger partial charge < -0.3 is 4.74 Å². The van der Waals surface area contributed by atoms with Gasteiger partial charge in [-0.1, -0.05) is 42.5 Å². The molecule has 0 aromatic heterocycles. The van der Waals surface area contributed by atoms with Crippen molar-refractivity contribution < 1.29 is 18.1 Å². The maximum absolute atomic E-state index is 12.0. The molecule has 24 heavy (non-hydrogen) atoms. The summed E-state index contributed by atoms with van der Waals surface area (Å²) < 4.78 is 31.8. The first-order chi connectivity index (χ1) is 11.5. The largest absolute Gasteiger partial charge is 0.375 e. The number of non-ortho nitro benzene ring substituents is 1. The highest BCUT2D eigenvalue weighted by atomic mass is 32.2. The van der Waals surface area contributed by atoms with E-state index in [4.69, 9.17) is 4.74 Å². The van der Waals surface area contributed by atoms with Crippen molar-refractivity contribution in [3.05, 3.63) is 75.8 Å². The van der Waals surface area contributed by atoms with Crippen molar-refractivity contribution in [2.45, 2.75) is 12.4 Å². The van der Waals surface area contributed by atoms with Crippen LogP contribution < -0.4 is 4.72 Å². The average molecular weight is 350 g/mol. The molecule has 0 aliphatic heterocycles. The van der Waals surface area contributed by atoms with Crippen molar-refractivity contribution in [3.63, 3.8) is 0 Å². The zero-order chi connectivity index (χ0) is 17.4. The van der Waals surface area contributed by atoms with Crippen LogP contribution in [-0.2, 0) is 27.1 Å². The predicted molar refractivity (Wildman–Crippen MR) is 89.8 cm³/mol. The molecule has 2 aromatic rings. The van der Waals surface area contributed by atoms with E-state index in [2.05, 4.69) is 4.72 Å². The van der Waals surface area contributed by atoms with Crippen molar-refractivity contribution in [3.8, 4) is 0 Å². The molecule has 0 saturated carbocycles. The number of benzene rings is 2. The highest BCUT2D eigenvalue weighted by molar-refractivity contribution is 7.88. The third-order valence-corrected chi connectivity index (χ3v) is 4.52. The molecular weight excluding hydrogens is 332 g/mol. The summed E-state index contributed by atoms with van der Waals surface area (Å²) in [5.74, 6) is -0.312. The maximum atomic E-state index is 12.0. The van der Waals surface area contributed by atoms with Crippen molar-refractivity contribution in [2.24, 2.45) is 0 Å². The second-order valence-corrected chi connectivity index (χ2v) is 6.93. The lowest BCUT2D eigenvalue weighted by molar-refractivity contribution is -0.384. The zero-order valence-corrected chi connectivity index (χ0v) is 13.7. The highest BCUT2D eigenvalue weighted by Crippen LogP contribution is 2.14. The number of hydrogen-bond acceptors (Lipinski definition) is 5. The Labute approximate surface area is 140 Å². The van der Waals surface area contributed by atoms with Crippen molar-refractivity contribution in [1.82, 2.24) is 4.72 Å². The Kier molecular flexibility index (Phi) is 6.42. The molecule has 0 saturated heterocycles. The van der Waals surface area contributed by atoms with E-state index in [-0.39, 0.29) is 24.6 Å². The van der Waals surface area contributed by atoms with Gasteiger partial charge in [-0.15, -0.1) is 0 Å². The summed E-state index contributed by atoms with van der Waals surface area (Å²) >= 11 is 0. The van der Waals surface area contributed by atoms with E-state index in [1.165, 1.54) is 24.3 Å². The molecule has 2 rings (SSSR count). The molecule has 2 aromatic carbocycles. The van der Waals surface area contributed by atoms with Crippen LogP contribution in [0.2, 0.25) is 0 Å². The number of hydrogen-bond donors (Lipinski definition) is 1. The molecule has 128 valence electrons. The van der Waals surface area contributed by atoms with Crippen LogP contribution in [0.1, 0.15) is 11.1 Å². The molecule has 0 bridgehead atoms. The van der Waals surface area contributed by atoms with E-state index in [1.807, 2.05) is 30.3 Å². The van der Waals surface area contributed by atoms with Crippen molar-refractivity contribution in [1.29, 1.82) is 0 Å². The first kappa shape index (κ1) is 18.1. The zero-order valence-electron chi connectivity index (χ0n) is 12.9. The fraction of sp³-hybridized carbons (Fsp3) is 0.250. The lowest BCUT2D eigenvalue weighted by atomic mass is 10.2. The van der Waals surface area contributed by atoms with Crippen LogP contribution in [0.15, 0.2) is 54.6 Å². The quantitative estimate of drug-likeness (QED) is 0.425. The molecular formula is C16H18N2O5S. The molecule has 0 fully saturated rings.